The van der Waals surface area contributed by atoms with E-state index in [9.17, 15) is 0 Å². The molecule has 0 bridgehead atoms. The summed E-state index contributed by atoms with van der Waals surface area (Å²) in [6.07, 6.45) is 0. The standard InChI is InChI=1S/C57H35N5O/c1-4-17-36(18-5-1)39-31-32-49(44(33-39)37-19-6-2-7-20-37)61-47-27-13-10-23-40(47)45-34-46-41-24-11-14-28-48(41)62(51(46)35-50(45)61)57-59-55(38-21-8-3-9-22-38)58-56(60-57)43-26-16-30-53-54(43)42-25-12-15-29-52(42)63-53/h1-35H. The van der Waals surface area contributed by atoms with E-state index in [1.165, 1.54) is 21.9 Å². The summed E-state index contributed by atoms with van der Waals surface area (Å²) in [5.41, 5.74) is 13.4. The number of benzene rings is 9. The Morgan fingerprint density at radius 2 is 0.889 bits per heavy atom. The van der Waals surface area contributed by atoms with Gasteiger partial charge in [0.1, 0.15) is 11.2 Å². The van der Waals surface area contributed by atoms with Crippen LogP contribution in [0.25, 0.3) is 122 Å². The summed E-state index contributed by atoms with van der Waals surface area (Å²) >= 11 is 0. The second kappa shape index (κ2) is 14.0. The first-order valence-electron chi connectivity index (χ1n) is 21.2. The summed E-state index contributed by atoms with van der Waals surface area (Å²) in [6.45, 7) is 0. The predicted octanol–water partition coefficient (Wildman–Crippen LogP) is 14.6. The molecule has 0 spiro atoms. The number of furan rings is 1. The van der Waals surface area contributed by atoms with Gasteiger partial charge in [0.05, 0.1) is 27.8 Å². The first kappa shape index (κ1) is 35.2. The van der Waals surface area contributed by atoms with Crippen molar-refractivity contribution < 1.29 is 4.42 Å². The average molecular weight is 806 g/mol. The molecule has 13 aromatic rings. The Hall–Kier alpha value is -8.61. The molecule has 0 N–H and O–H groups in total. The molecule has 0 atom stereocenters. The van der Waals surface area contributed by atoms with E-state index in [1.807, 2.05) is 48.5 Å². The first-order chi connectivity index (χ1) is 31.2. The topological polar surface area (TPSA) is 61.7 Å². The lowest BCUT2D eigenvalue weighted by atomic mass is 9.97. The van der Waals surface area contributed by atoms with Gasteiger partial charge in [-0.05, 0) is 65.2 Å². The normalized spacial score (nSPS) is 11.8. The maximum absolute atomic E-state index is 6.35. The Balaban J connectivity index is 1.12. The van der Waals surface area contributed by atoms with Crippen molar-refractivity contribution in [2.45, 2.75) is 0 Å². The molecule has 63 heavy (non-hydrogen) atoms. The quantitative estimate of drug-likeness (QED) is 0.168. The Bertz CT molecular complexity index is 3900. The number of para-hydroxylation sites is 3. The number of fused-ring (bicyclic) bond motifs is 9. The summed E-state index contributed by atoms with van der Waals surface area (Å²) in [6, 6.07) is 74.6. The summed E-state index contributed by atoms with van der Waals surface area (Å²) in [5, 5.41) is 6.60. The summed E-state index contributed by atoms with van der Waals surface area (Å²) in [7, 11) is 0. The third-order valence-electron chi connectivity index (χ3n) is 12.4. The van der Waals surface area contributed by atoms with Gasteiger partial charge in [0.15, 0.2) is 11.6 Å². The van der Waals surface area contributed by atoms with Crippen LogP contribution in [0.5, 0.6) is 0 Å². The van der Waals surface area contributed by atoms with Crippen LogP contribution in [0.1, 0.15) is 0 Å². The van der Waals surface area contributed by atoms with Crippen molar-refractivity contribution >= 4 is 65.6 Å². The second-order valence-electron chi connectivity index (χ2n) is 16.0. The number of nitrogens with zero attached hydrogens (tertiary/aromatic N) is 5. The minimum absolute atomic E-state index is 0.536. The Labute approximate surface area is 361 Å². The molecule has 9 aromatic carbocycles. The van der Waals surface area contributed by atoms with Crippen LogP contribution in [0.2, 0.25) is 0 Å². The van der Waals surface area contributed by atoms with E-state index in [-0.39, 0.29) is 0 Å². The molecule has 0 saturated heterocycles. The fraction of sp³-hybridized carbons (Fsp3) is 0. The number of hydrogen-bond donors (Lipinski definition) is 0. The molecule has 0 saturated carbocycles. The van der Waals surface area contributed by atoms with Gasteiger partial charge in [-0.1, -0.05) is 164 Å². The van der Waals surface area contributed by atoms with E-state index >= 15 is 0 Å². The first-order valence-corrected chi connectivity index (χ1v) is 21.2. The van der Waals surface area contributed by atoms with Gasteiger partial charge in [0, 0.05) is 49.0 Å². The fourth-order valence-corrected chi connectivity index (χ4v) is 9.56. The minimum Gasteiger partial charge on any atom is -0.456 e. The second-order valence-corrected chi connectivity index (χ2v) is 16.0. The van der Waals surface area contributed by atoms with Crippen molar-refractivity contribution in [1.82, 2.24) is 24.1 Å². The van der Waals surface area contributed by atoms with Crippen LogP contribution in [-0.2, 0) is 0 Å². The van der Waals surface area contributed by atoms with Crippen molar-refractivity contribution in [3.05, 3.63) is 212 Å². The lowest BCUT2D eigenvalue weighted by molar-refractivity contribution is 0.669. The van der Waals surface area contributed by atoms with Crippen LogP contribution < -0.4 is 0 Å². The monoisotopic (exact) mass is 805 g/mol. The molecule has 6 nitrogen and oxygen atoms in total. The van der Waals surface area contributed by atoms with Crippen LogP contribution in [0.3, 0.4) is 0 Å². The molecule has 0 radical (unpaired) electrons. The van der Waals surface area contributed by atoms with E-state index in [2.05, 4.69) is 173 Å². The van der Waals surface area contributed by atoms with E-state index in [1.54, 1.807) is 0 Å². The maximum Gasteiger partial charge on any atom is 0.238 e. The summed E-state index contributed by atoms with van der Waals surface area (Å²) < 4.78 is 11.0. The lowest BCUT2D eigenvalue weighted by Crippen LogP contribution is -2.06. The number of hydrogen-bond acceptors (Lipinski definition) is 4. The van der Waals surface area contributed by atoms with Crippen molar-refractivity contribution in [1.29, 1.82) is 0 Å². The lowest BCUT2D eigenvalue weighted by Gasteiger charge is -2.16. The van der Waals surface area contributed by atoms with Gasteiger partial charge in [-0.2, -0.15) is 9.97 Å². The van der Waals surface area contributed by atoms with Crippen molar-refractivity contribution in [3.8, 4) is 56.7 Å². The third kappa shape index (κ3) is 5.55. The van der Waals surface area contributed by atoms with Gasteiger partial charge in [0.25, 0.3) is 0 Å². The van der Waals surface area contributed by atoms with Crippen LogP contribution >= 0.6 is 0 Å². The van der Waals surface area contributed by atoms with Gasteiger partial charge >= 0.3 is 0 Å². The highest BCUT2D eigenvalue weighted by Gasteiger charge is 2.23. The molecule has 0 fully saturated rings. The SMILES string of the molecule is c1ccc(-c2ccc(-n3c4ccccc4c4cc5c6ccccc6n(-c6nc(-c7ccccc7)nc(-c7cccc8oc9ccccc9c78)n6)c5cc43)c(-c3ccccc3)c2)cc1. The highest BCUT2D eigenvalue weighted by atomic mass is 16.3. The largest absolute Gasteiger partial charge is 0.456 e. The average Bonchev–Trinajstić information content (AvgIpc) is 4.01. The molecule has 6 heteroatoms. The van der Waals surface area contributed by atoms with Crippen LogP contribution in [0.15, 0.2) is 217 Å². The Morgan fingerprint density at radius 1 is 0.317 bits per heavy atom. The molecular formula is C57H35N5O. The molecule has 0 amide bonds. The molecule has 4 aromatic heterocycles. The smallest absolute Gasteiger partial charge is 0.238 e. The van der Waals surface area contributed by atoms with Crippen LogP contribution in [0.4, 0.5) is 0 Å². The fourth-order valence-electron chi connectivity index (χ4n) is 9.56. The highest BCUT2D eigenvalue weighted by Crippen LogP contribution is 2.43. The third-order valence-corrected chi connectivity index (χ3v) is 12.4. The Morgan fingerprint density at radius 3 is 1.62 bits per heavy atom. The summed E-state index contributed by atoms with van der Waals surface area (Å²) in [5.74, 6) is 1.70. The zero-order valence-electron chi connectivity index (χ0n) is 33.9. The molecule has 0 aliphatic rings. The van der Waals surface area contributed by atoms with Crippen molar-refractivity contribution in [2.75, 3.05) is 0 Å². The van der Waals surface area contributed by atoms with Gasteiger partial charge in [0.2, 0.25) is 5.95 Å². The van der Waals surface area contributed by atoms with E-state index in [4.69, 9.17) is 19.4 Å². The van der Waals surface area contributed by atoms with E-state index in [0.717, 1.165) is 82.7 Å². The summed E-state index contributed by atoms with van der Waals surface area (Å²) in [4.78, 5) is 15.9. The van der Waals surface area contributed by atoms with Gasteiger partial charge in [-0.25, -0.2) is 4.98 Å². The molecule has 13 rings (SSSR count). The zero-order valence-corrected chi connectivity index (χ0v) is 33.9. The molecular weight excluding hydrogens is 771 g/mol. The molecule has 294 valence electrons. The van der Waals surface area contributed by atoms with Gasteiger partial charge in [-0.15, -0.1) is 0 Å². The molecule has 0 unspecified atom stereocenters. The van der Waals surface area contributed by atoms with Crippen molar-refractivity contribution in [3.63, 3.8) is 0 Å². The predicted molar refractivity (Wildman–Crippen MR) is 258 cm³/mol. The maximum atomic E-state index is 6.35. The molecule has 0 aliphatic heterocycles. The minimum atomic E-state index is 0.536. The number of aromatic nitrogens is 5. The van der Waals surface area contributed by atoms with Crippen LogP contribution in [-0.4, -0.2) is 24.1 Å². The van der Waals surface area contributed by atoms with E-state index < -0.39 is 0 Å². The van der Waals surface area contributed by atoms with Crippen LogP contribution in [0, 0.1) is 0 Å². The number of rotatable bonds is 6. The van der Waals surface area contributed by atoms with E-state index in [0.29, 0.717) is 17.6 Å². The van der Waals surface area contributed by atoms with Gasteiger partial charge in [-0.3, -0.25) is 4.57 Å². The van der Waals surface area contributed by atoms with Crippen molar-refractivity contribution in [2.24, 2.45) is 0 Å². The molecule has 4 heterocycles. The molecule has 0 aliphatic carbocycles. The zero-order chi connectivity index (χ0) is 41.4. The Kier molecular flexibility index (Phi) is 7.80. The van der Waals surface area contributed by atoms with Gasteiger partial charge < -0.3 is 8.98 Å². The highest BCUT2D eigenvalue weighted by molar-refractivity contribution is 6.19.